The highest BCUT2D eigenvalue weighted by Gasteiger charge is 2.14. The van der Waals surface area contributed by atoms with E-state index >= 15 is 0 Å². The molecule has 0 radical (unpaired) electrons. The lowest BCUT2D eigenvalue weighted by atomic mass is 10.1. The zero-order valence-corrected chi connectivity index (χ0v) is 25.0. The third-order valence-electron chi connectivity index (χ3n) is 7.00. The molecule has 44 heavy (non-hydrogen) atoms. The van der Waals surface area contributed by atoms with Gasteiger partial charge in [-0.3, -0.25) is 4.79 Å². The Labute approximate surface area is 257 Å². The minimum atomic E-state index is 0.0181. The molecular formula is C35H34N4O5. The normalized spacial score (nSPS) is 10.6. The topological polar surface area (TPSA) is 95.9 Å². The van der Waals surface area contributed by atoms with Gasteiger partial charge in [-0.2, -0.15) is 0 Å². The van der Waals surface area contributed by atoms with E-state index in [1.807, 2.05) is 54.6 Å². The number of methoxy groups -OCH3 is 3. The van der Waals surface area contributed by atoms with Crippen LogP contribution in [0.15, 0.2) is 103 Å². The van der Waals surface area contributed by atoms with Gasteiger partial charge < -0.3 is 23.8 Å². The van der Waals surface area contributed by atoms with Gasteiger partial charge in [0.05, 0.1) is 21.3 Å². The van der Waals surface area contributed by atoms with Crippen LogP contribution in [-0.2, 0) is 19.5 Å². The standard InChI is InChI=1S/C35H34N4O5/c1-41-29-11-4-25(5-12-29)23-39(24-26-6-13-30(42-2)14-7-26)35-37-20-18-28(38-35)10-17-33(40)27-8-15-31(16-9-27)44-34-22-32(43-3)19-21-36-34/h4-9,11-16,18-22H,10,17,23-24H2,1-3H3. The summed E-state index contributed by atoms with van der Waals surface area (Å²) in [6.07, 6.45) is 4.15. The minimum absolute atomic E-state index is 0.0181. The Hall–Kier alpha value is -5.44. The summed E-state index contributed by atoms with van der Waals surface area (Å²) in [5.41, 5.74) is 3.59. The number of nitrogens with zero attached hydrogens (tertiary/aromatic N) is 4. The van der Waals surface area contributed by atoms with Crippen LogP contribution in [0.1, 0.15) is 33.6 Å². The van der Waals surface area contributed by atoms with Gasteiger partial charge in [-0.25, -0.2) is 15.0 Å². The van der Waals surface area contributed by atoms with Gasteiger partial charge in [0.1, 0.15) is 23.0 Å². The van der Waals surface area contributed by atoms with E-state index in [0.29, 0.717) is 54.8 Å². The lowest BCUT2D eigenvalue weighted by Crippen LogP contribution is -2.24. The Bertz CT molecular complexity index is 1610. The second kappa shape index (κ2) is 14.6. The number of aromatic nitrogens is 3. The van der Waals surface area contributed by atoms with Crippen LogP contribution in [0.3, 0.4) is 0 Å². The molecule has 0 saturated heterocycles. The molecule has 3 aromatic carbocycles. The van der Waals surface area contributed by atoms with Gasteiger partial charge in [-0.15, -0.1) is 0 Å². The summed E-state index contributed by atoms with van der Waals surface area (Å²) < 4.78 is 21.6. The highest BCUT2D eigenvalue weighted by Crippen LogP contribution is 2.24. The van der Waals surface area contributed by atoms with Crippen LogP contribution in [0, 0.1) is 0 Å². The number of aryl methyl sites for hydroxylation is 1. The zero-order chi connectivity index (χ0) is 30.7. The molecule has 0 aliphatic heterocycles. The summed E-state index contributed by atoms with van der Waals surface area (Å²) in [4.78, 5) is 28.8. The van der Waals surface area contributed by atoms with Gasteiger partial charge >= 0.3 is 0 Å². The molecule has 0 unspecified atom stereocenters. The van der Waals surface area contributed by atoms with Gasteiger partial charge in [-0.1, -0.05) is 24.3 Å². The maximum Gasteiger partial charge on any atom is 0.226 e. The van der Waals surface area contributed by atoms with Crippen molar-refractivity contribution in [1.29, 1.82) is 0 Å². The largest absolute Gasteiger partial charge is 0.497 e. The first kappa shape index (κ1) is 30.0. The number of anilines is 1. The summed E-state index contributed by atoms with van der Waals surface area (Å²) in [6, 6.07) is 28.2. The Morgan fingerprint density at radius 1 is 0.659 bits per heavy atom. The van der Waals surface area contributed by atoms with Crippen LogP contribution >= 0.6 is 0 Å². The molecule has 0 fully saturated rings. The van der Waals surface area contributed by atoms with E-state index in [1.54, 1.807) is 70.1 Å². The number of hydrogen-bond acceptors (Lipinski definition) is 9. The quantitative estimate of drug-likeness (QED) is 0.131. The predicted molar refractivity (Wildman–Crippen MR) is 168 cm³/mol. The Balaban J connectivity index is 1.25. The van der Waals surface area contributed by atoms with Gasteiger partial charge in [0.15, 0.2) is 5.78 Å². The molecule has 0 bridgehead atoms. The fourth-order valence-electron chi connectivity index (χ4n) is 4.57. The summed E-state index contributed by atoms with van der Waals surface area (Å²) in [5, 5.41) is 0. The second-order valence-electron chi connectivity index (χ2n) is 9.98. The van der Waals surface area contributed by atoms with E-state index in [-0.39, 0.29) is 5.78 Å². The number of benzene rings is 3. The summed E-state index contributed by atoms with van der Waals surface area (Å²) in [5.74, 6) is 3.86. The molecule has 0 aliphatic carbocycles. The molecule has 5 rings (SSSR count). The van der Waals surface area contributed by atoms with Crippen molar-refractivity contribution in [1.82, 2.24) is 15.0 Å². The van der Waals surface area contributed by atoms with Crippen LogP contribution in [0.25, 0.3) is 0 Å². The molecule has 5 aromatic rings. The van der Waals surface area contributed by atoms with Crippen LogP contribution in [-0.4, -0.2) is 42.1 Å². The Morgan fingerprint density at radius 2 is 1.23 bits per heavy atom. The minimum Gasteiger partial charge on any atom is -0.497 e. The lowest BCUT2D eigenvalue weighted by Gasteiger charge is -2.23. The number of ether oxygens (including phenoxy) is 4. The van der Waals surface area contributed by atoms with E-state index < -0.39 is 0 Å². The van der Waals surface area contributed by atoms with Crippen molar-refractivity contribution in [2.45, 2.75) is 25.9 Å². The summed E-state index contributed by atoms with van der Waals surface area (Å²) in [6.45, 7) is 1.19. The number of Topliss-reactive ketones (excluding diaryl/α,β-unsaturated/α-hetero) is 1. The maximum absolute atomic E-state index is 13.0. The number of pyridine rings is 1. The highest BCUT2D eigenvalue weighted by atomic mass is 16.5. The Morgan fingerprint density at radius 3 is 1.82 bits per heavy atom. The number of carbonyl (C=O) groups is 1. The van der Waals surface area contributed by atoms with Crippen molar-refractivity contribution >= 4 is 11.7 Å². The molecule has 0 aliphatic rings. The SMILES string of the molecule is COc1ccc(CN(Cc2ccc(OC)cc2)c2nccc(CCC(=O)c3ccc(Oc4cc(OC)ccn4)cc3)n2)cc1. The molecule has 0 saturated carbocycles. The van der Waals surface area contributed by atoms with Crippen LogP contribution in [0.5, 0.6) is 28.9 Å². The Kier molecular flexibility index (Phi) is 9.99. The van der Waals surface area contributed by atoms with Gasteiger partial charge in [0, 0.05) is 49.2 Å². The first-order valence-electron chi connectivity index (χ1n) is 14.2. The van der Waals surface area contributed by atoms with Crippen molar-refractivity contribution in [2.75, 3.05) is 26.2 Å². The summed E-state index contributed by atoms with van der Waals surface area (Å²) in [7, 11) is 4.89. The van der Waals surface area contributed by atoms with Crippen LogP contribution in [0.2, 0.25) is 0 Å². The van der Waals surface area contributed by atoms with E-state index in [4.69, 9.17) is 23.9 Å². The van der Waals surface area contributed by atoms with Crippen LogP contribution in [0.4, 0.5) is 5.95 Å². The third-order valence-corrected chi connectivity index (χ3v) is 7.00. The first-order chi connectivity index (χ1) is 21.5. The molecule has 2 heterocycles. The molecule has 0 amide bonds. The number of ketones is 1. The monoisotopic (exact) mass is 590 g/mol. The third kappa shape index (κ3) is 8.10. The predicted octanol–water partition coefficient (Wildman–Crippen LogP) is 6.71. The second-order valence-corrected chi connectivity index (χ2v) is 9.98. The van der Waals surface area contributed by atoms with Crippen molar-refractivity contribution < 1.29 is 23.7 Å². The fraction of sp³-hybridized carbons (Fsp3) is 0.200. The lowest BCUT2D eigenvalue weighted by molar-refractivity contribution is 0.0982. The number of carbonyl (C=O) groups excluding carboxylic acids is 1. The van der Waals surface area contributed by atoms with Crippen LogP contribution < -0.4 is 23.8 Å². The van der Waals surface area contributed by atoms with Crippen molar-refractivity contribution in [3.8, 4) is 28.9 Å². The first-order valence-corrected chi connectivity index (χ1v) is 14.2. The molecule has 0 spiro atoms. The average molecular weight is 591 g/mol. The van der Waals surface area contributed by atoms with Crippen molar-refractivity contribution in [3.05, 3.63) is 126 Å². The fourth-order valence-corrected chi connectivity index (χ4v) is 4.57. The number of rotatable bonds is 14. The molecular weight excluding hydrogens is 556 g/mol. The van der Waals surface area contributed by atoms with Gasteiger partial charge in [0.25, 0.3) is 0 Å². The maximum atomic E-state index is 13.0. The van der Waals surface area contributed by atoms with Gasteiger partial charge in [-0.05, 0) is 78.2 Å². The molecule has 2 aromatic heterocycles. The highest BCUT2D eigenvalue weighted by molar-refractivity contribution is 5.96. The van der Waals surface area contributed by atoms with Crippen molar-refractivity contribution in [2.24, 2.45) is 0 Å². The summed E-state index contributed by atoms with van der Waals surface area (Å²) >= 11 is 0. The van der Waals surface area contributed by atoms with E-state index in [1.165, 1.54) is 0 Å². The number of hydrogen-bond donors (Lipinski definition) is 0. The molecule has 9 heteroatoms. The smallest absolute Gasteiger partial charge is 0.226 e. The van der Waals surface area contributed by atoms with E-state index in [0.717, 1.165) is 28.3 Å². The zero-order valence-electron chi connectivity index (χ0n) is 25.0. The molecule has 9 nitrogen and oxygen atoms in total. The molecule has 0 atom stereocenters. The van der Waals surface area contributed by atoms with Gasteiger partial charge in [0.2, 0.25) is 11.8 Å². The van der Waals surface area contributed by atoms with E-state index in [2.05, 4.69) is 14.9 Å². The molecule has 0 N–H and O–H groups in total. The van der Waals surface area contributed by atoms with Crippen molar-refractivity contribution in [3.63, 3.8) is 0 Å². The average Bonchev–Trinajstić information content (AvgIpc) is 3.08. The molecule has 224 valence electrons. The van der Waals surface area contributed by atoms with E-state index in [9.17, 15) is 4.79 Å².